The van der Waals surface area contributed by atoms with Gasteiger partial charge in [-0.2, -0.15) is 28.6 Å². The van der Waals surface area contributed by atoms with E-state index in [4.69, 9.17) is 5.73 Å². The van der Waals surface area contributed by atoms with Gasteiger partial charge in [-0.3, -0.25) is 4.68 Å². The second-order valence-corrected chi connectivity index (χ2v) is 6.37. The van der Waals surface area contributed by atoms with Gasteiger partial charge in [-0.25, -0.2) is 0 Å². The molecule has 1 aromatic rings. The van der Waals surface area contributed by atoms with Gasteiger partial charge >= 0.3 is 0 Å². The van der Waals surface area contributed by atoms with Gasteiger partial charge in [0.1, 0.15) is 0 Å². The summed E-state index contributed by atoms with van der Waals surface area (Å²) in [6.45, 7) is 0. The van der Waals surface area contributed by atoms with Gasteiger partial charge in [0.2, 0.25) is 0 Å². The van der Waals surface area contributed by atoms with Crippen LogP contribution in [0.25, 0.3) is 0 Å². The maximum atomic E-state index is 6.22. The van der Waals surface area contributed by atoms with E-state index in [1.807, 2.05) is 41.5 Å². The summed E-state index contributed by atoms with van der Waals surface area (Å²) in [5, 5.41) is 4.78. The van der Waals surface area contributed by atoms with Crippen molar-refractivity contribution in [1.82, 2.24) is 9.78 Å². The third kappa shape index (κ3) is 3.16. The van der Waals surface area contributed by atoms with E-state index in [2.05, 4.69) is 11.3 Å². The summed E-state index contributed by atoms with van der Waals surface area (Å²) < 4.78 is 1.84. The summed E-state index contributed by atoms with van der Waals surface area (Å²) in [4.78, 5) is 0. The smallest absolute Gasteiger partial charge is 0.0522 e. The van der Waals surface area contributed by atoms with E-state index in [1.54, 1.807) is 0 Å². The minimum atomic E-state index is 0.270. The second-order valence-electron chi connectivity index (χ2n) is 3.87. The van der Waals surface area contributed by atoms with Gasteiger partial charge in [0, 0.05) is 41.8 Å². The summed E-state index contributed by atoms with van der Waals surface area (Å²) in [5.41, 5.74) is 7.47. The second kappa shape index (κ2) is 5.27. The lowest BCUT2D eigenvalue weighted by atomic mass is 10.1. The Morgan fingerprint density at radius 3 is 3.13 bits per heavy atom. The lowest BCUT2D eigenvalue weighted by Gasteiger charge is -2.26. The number of hydrogen-bond acceptors (Lipinski definition) is 4. The fourth-order valence-electron chi connectivity index (χ4n) is 1.73. The third-order valence-electron chi connectivity index (χ3n) is 2.55. The van der Waals surface area contributed by atoms with Crippen LogP contribution in [-0.4, -0.2) is 38.3 Å². The van der Waals surface area contributed by atoms with Gasteiger partial charge in [-0.05, 0) is 12.0 Å². The molecule has 0 radical (unpaired) electrons. The van der Waals surface area contributed by atoms with Crippen molar-refractivity contribution in [2.75, 3.05) is 17.3 Å². The van der Waals surface area contributed by atoms with Crippen molar-refractivity contribution in [2.45, 2.75) is 17.7 Å². The Bertz CT molecular complexity index is 307. The Labute approximate surface area is 99.2 Å². The van der Waals surface area contributed by atoms with Crippen molar-refractivity contribution in [3.05, 3.63) is 18.0 Å². The number of nitrogens with zero attached hydrogens (tertiary/aromatic N) is 2. The highest BCUT2D eigenvalue weighted by atomic mass is 32.2. The number of nitrogens with two attached hydrogens (primary N) is 1. The fraction of sp³-hybridized carbons (Fsp3) is 0.700. The molecule has 1 saturated heterocycles. The van der Waals surface area contributed by atoms with Gasteiger partial charge in [-0.1, -0.05) is 0 Å². The molecule has 1 aromatic heterocycles. The molecule has 2 heterocycles. The van der Waals surface area contributed by atoms with Gasteiger partial charge in [0.25, 0.3) is 0 Å². The molecule has 1 aliphatic heterocycles. The minimum absolute atomic E-state index is 0.270. The first-order valence-electron chi connectivity index (χ1n) is 5.18. The standard InChI is InChI=1S/C10H17N3S2/c1-13-6-8(5-12-13)4-9(11)10-7-14-2-3-15-10/h5-6,9-10H,2-4,7,11H2,1H3. The topological polar surface area (TPSA) is 43.8 Å². The van der Waals surface area contributed by atoms with Crippen LogP contribution in [0.15, 0.2) is 12.4 Å². The van der Waals surface area contributed by atoms with Crippen molar-refractivity contribution in [3.63, 3.8) is 0 Å². The molecule has 0 saturated carbocycles. The Morgan fingerprint density at radius 1 is 1.67 bits per heavy atom. The Hall–Kier alpha value is -0.130. The first-order valence-corrected chi connectivity index (χ1v) is 7.38. The van der Waals surface area contributed by atoms with Crippen LogP contribution in [-0.2, 0) is 13.5 Å². The predicted octanol–water partition coefficient (Wildman–Crippen LogP) is 1.14. The van der Waals surface area contributed by atoms with Crippen LogP contribution >= 0.6 is 23.5 Å². The first kappa shape index (κ1) is 11.4. The van der Waals surface area contributed by atoms with Crippen molar-refractivity contribution in [3.8, 4) is 0 Å². The van der Waals surface area contributed by atoms with Crippen molar-refractivity contribution >= 4 is 23.5 Å². The lowest BCUT2D eigenvalue weighted by Crippen LogP contribution is -2.38. The summed E-state index contributed by atoms with van der Waals surface area (Å²) in [5.74, 6) is 3.73. The summed E-state index contributed by atoms with van der Waals surface area (Å²) >= 11 is 4.05. The van der Waals surface area contributed by atoms with E-state index in [0.717, 1.165) is 6.42 Å². The number of hydrogen-bond donors (Lipinski definition) is 1. The van der Waals surface area contributed by atoms with Gasteiger partial charge in [0.05, 0.1) is 6.20 Å². The maximum absolute atomic E-state index is 6.22. The van der Waals surface area contributed by atoms with Crippen molar-refractivity contribution < 1.29 is 0 Å². The third-order valence-corrected chi connectivity index (χ3v) is 5.49. The number of aryl methyl sites for hydroxylation is 1. The maximum Gasteiger partial charge on any atom is 0.0522 e. The minimum Gasteiger partial charge on any atom is -0.326 e. The zero-order valence-corrected chi connectivity index (χ0v) is 10.6. The Kier molecular flexibility index (Phi) is 3.99. The summed E-state index contributed by atoms with van der Waals surface area (Å²) in [7, 11) is 1.94. The highest BCUT2D eigenvalue weighted by Gasteiger charge is 2.21. The van der Waals surface area contributed by atoms with Crippen LogP contribution in [0.4, 0.5) is 0 Å². The quantitative estimate of drug-likeness (QED) is 0.864. The summed E-state index contributed by atoms with van der Waals surface area (Å²) in [6.07, 6.45) is 4.92. The molecule has 15 heavy (non-hydrogen) atoms. The molecule has 2 atom stereocenters. The molecule has 0 amide bonds. The van der Waals surface area contributed by atoms with E-state index in [9.17, 15) is 0 Å². The molecule has 1 aliphatic rings. The largest absolute Gasteiger partial charge is 0.326 e. The van der Waals surface area contributed by atoms with Crippen LogP contribution in [0, 0.1) is 0 Å². The van der Waals surface area contributed by atoms with Gasteiger partial charge in [0.15, 0.2) is 0 Å². The molecule has 1 fully saturated rings. The molecule has 84 valence electrons. The zero-order chi connectivity index (χ0) is 10.7. The first-order chi connectivity index (χ1) is 7.25. The van der Waals surface area contributed by atoms with E-state index in [1.165, 1.54) is 22.8 Å². The van der Waals surface area contributed by atoms with Gasteiger partial charge in [-0.15, -0.1) is 0 Å². The number of aromatic nitrogens is 2. The van der Waals surface area contributed by atoms with Crippen LogP contribution < -0.4 is 5.73 Å². The highest BCUT2D eigenvalue weighted by Crippen LogP contribution is 2.26. The summed E-state index contributed by atoms with van der Waals surface area (Å²) in [6, 6.07) is 0.270. The average molecular weight is 243 g/mol. The Balaban J connectivity index is 1.88. The molecule has 0 aliphatic carbocycles. The van der Waals surface area contributed by atoms with E-state index < -0.39 is 0 Å². The molecule has 3 nitrogen and oxygen atoms in total. The molecule has 0 bridgehead atoms. The average Bonchev–Trinajstić information content (AvgIpc) is 2.65. The molecule has 5 heteroatoms. The number of thioether (sulfide) groups is 2. The molecular weight excluding hydrogens is 226 g/mol. The molecule has 2 N–H and O–H groups in total. The molecule has 2 rings (SSSR count). The van der Waals surface area contributed by atoms with E-state index in [0.29, 0.717) is 5.25 Å². The molecule has 0 spiro atoms. The monoisotopic (exact) mass is 243 g/mol. The van der Waals surface area contributed by atoms with Crippen LogP contribution in [0.2, 0.25) is 0 Å². The van der Waals surface area contributed by atoms with E-state index >= 15 is 0 Å². The van der Waals surface area contributed by atoms with Crippen LogP contribution in [0.1, 0.15) is 5.56 Å². The van der Waals surface area contributed by atoms with E-state index in [-0.39, 0.29) is 6.04 Å². The molecule has 0 aromatic carbocycles. The number of rotatable bonds is 3. The molecular formula is C10H17N3S2. The molecule has 2 unspecified atom stereocenters. The van der Waals surface area contributed by atoms with Crippen LogP contribution in [0.3, 0.4) is 0 Å². The fourth-order valence-corrected chi connectivity index (χ4v) is 4.56. The Morgan fingerprint density at radius 2 is 2.53 bits per heavy atom. The van der Waals surface area contributed by atoms with Gasteiger partial charge < -0.3 is 5.73 Å². The highest BCUT2D eigenvalue weighted by molar-refractivity contribution is 8.06. The predicted molar refractivity (Wildman–Crippen MR) is 68.5 cm³/mol. The van der Waals surface area contributed by atoms with Crippen molar-refractivity contribution in [2.24, 2.45) is 12.8 Å². The normalized spacial score (nSPS) is 24.0. The SMILES string of the molecule is Cn1cc(CC(N)C2CSCCS2)cn1. The zero-order valence-electron chi connectivity index (χ0n) is 8.93. The van der Waals surface area contributed by atoms with Crippen molar-refractivity contribution in [1.29, 1.82) is 0 Å². The lowest BCUT2D eigenvalue weighted by molar-refractivity contribution is 0.663. The van der Waals surface area contributed by atoms with Crippen LogP contribution in [0.5, 0.6) is 0 Å².